The molecule has 0 spiro atoms. The Morgan fingerprint density at radius 1 is 1.60 bits per heavy atom. The highest BCUT2D eigenvalue weighted by molar-refractivity contribution is 5.85. The van der Waals surface area contributed by atoms with Crippen molar-refractivity contribution in [1.82, 2.24) is 15.3 Å². The molecule has 0 aromatic carbocycles. The zero-order valence-electron chi connectivity index (χ0n) is 8.63. The number of piperidine rings is 1. The number of aromatic nitrogens is 2. The maximum absolute atomic E-state index is 11.5. The number of imidazole rings is 1. The van der Waals surface area contributed by atoms with Crippen molar-refractivity contribution < 1.29 is 4.79 Å². The number of hydrogen-bond acceptors (Lipinski definition) is 4. The Balaban J connectivity index is 2.07. The lowest BCUT2D eigenvalue weighted by Gasteiger charge is -2.22. The van der Waals surface area contributed by atoms with Gasteiger partial charge in [-0.2, -0.15) is 0 Å². The van der Waals surface area contributed by atoms with Crippen LogP contribution >= 0.6 is 0 Å². The number of rotatable bonds is 2. The number of hydrogen-bond donors (Lipinski definition) is 4. The maximum Gasteiger partial charge on any atom is 0.242 e. The monoisotopic (exact) mass is 209 g/mol. The van der Waals surface area contributed by atoms with E-state index in [2.05, 4.69) is 20.6 Å². The number of carbonyl (C=O) groups is 1. The second kappa shape index (κ2) is 3.80. The first-order chi connectivity index (χ1) is 7.16. The molecular weight excluding hydrogens is 194 g/mol. The number of H-pyrrole nitrogens is 1. The predicted octanol–water partition coefficient (Wildman–Crippen LogP) is -0.00918. The maximum atomic E-state index is 11.5. The zero-order valence-corrected chi connectivity index (χ0v) is 8.63. The van der Waals surface area contributed by atoms with Crippen molar-refractivity contribution in [1.29, 1.82) is 0 Å². The summed E-state index contributed by atoms with van der Waals surface area (Å²) in [4.78, 5) is 18.5. The number of amides is 1. The molecule has 5 N–H and O–H groups in total. The van der Waals surface area contributed by atoms with Gasteiger partial charge >= 0.3 is 0 Å². The Kier molecular flexibility index (Phi) is 2.49. The number of nitrogens with zero attached hydrogens (tertiary/aromatic N) is 1. The summed E-state index contributed by atoms with van der Waals surface area (Å²) in [6.07, 6.45) is 1.80. The minimum absolute atomic E-state index is 0.0151. The van der Waals surface area contributed by atoms with E-state index in [0.29, 0.717) is 11.6 Å². The first-order valence-corrected chi connectivity index (χ1v) is 5.03. The molecule has 0 bridgehead atoms. The van der Waals surface area contributed by atoms with Crippen LogP contribution in [0.1, 0.15) is 18.7 Å². The van der Waals surface area contributed by atoms with Gasteiger partial charge in [0.25, 0.3) is 0 Å². The summed E-state index contributed by atoms with van der Waals surface area (Å²) >= 11 is 0. The van der Waals surface area contributed by atoms with Crippen LogP contribution in [0.2, 0.25) is 0 Å². The molecule has 0 radical (unpaired) electrons. The van der Waals surface area contributed by atoms with E-state index in [9.17, 15) is 4.79 Å². The van der Waals surface area contributed by atoms with Gasteiger partial charge in [0.15, 0.2) is 5.82 Å². The third-order valence-electron chi connectivity index (χ3n) is 2.45. The number of nitrogens with one attached hydrogen (secondary N) is 3. The van der Waals surface area contributed by atoms with Crippen LogP contribution in [0.5, 0.6) is 0 Å². The van der Waals surface area contributed by atoms with Crippen LogP contribution in [0, 0.1) is 6.92 Å². The van der Waals surface area contributed by atoms with Crippen molar-refractivity contribution in [3.8, 4) is 0 Å². The van der Waals surface area contributed by atoms with Gasteiger partial charge in [0, 0.05) is 6.54 Å². The van der Waals surface area contributed by atoms with E-state index in [0.717, 1.165) is 25.2 Å². The van der Waals surface area contributed by atoms with Crippen LogP contribution in [-0.4, -0.2) is 28.5 Å². The number of nitrogens with two attached hydrogens (primary N) is 1. The van der Waals surface area contributed by atoms with Gasteiger partial charge in [-0.25, -0.2) is 4.98 Å². The van der Waals surface area contributed by atoms with Crippen LogP contribution < -0.4 is 16.4 Å². The Hall–Kier alpha value is -1.72. The Morgan fingerprint density at radius 3 is 3.00 bits per heavy atom. The van der Waals surface area contributed by atoms with Crippen molar-refractivity contribution in [3.05, 3.63) is 5.82 Å². The number of aryl methyl sites for hydroxylation is 1. The molecule has 1 atom stereocenters. The third-order valence-corrected chi connectivity index (χ3v) is 2.45. The third kappa shape index (κ3) is 2.03. The average molecular weight is 209 g/mol. The van der Waals surface area contributed by atoms with Crippen LogP contribution in [0.4, 0.5) is 11.6 Å². The van der Waals surface area contributed by atoms with Gasteiger partial charge in [-0.05, 0) is 19.8 Å². The van der Waals surface area contributed by atoms with Crippen molar-refractivity contribution in [3.63, 3.8) is 0 Å². The van der Waals surface area contributed by atoms with Crippen LogP contribution in [0.25, 0.3) is 0 Å². The van der Waals surface area contributed by atoms with E-state index in [1.165, 1.54) is 0 Å². The molecule has 1 aromatic heterocycles. The van der Waals surface area contributed by atoms with Crippen LogP contribution in [-0.2, 0) is 4.79 Å². The molecule has 1 aromatic rings. The quantitative estimate of drug-likeness (QED) is 0.551. The molecule has 82 valence electrons. The first-order valence-electron chi connectivity index (χ1n) is 5.03. The Morgan fingerprint density at radius 2 is 2.40 bits per heavy atom. The minimum atomic E-state index is -0.219. The van der Waals surface area contributed by atoms with E-state index >= 15 is 0 Å². The highest BCUT2D eigenvalue weighted by Crippen LogP contribution is 2.17. The summed E-state index contributed by atoms with van der Waals surface area (Å²) in [6, 6.07) is -0.219. The fourth-order valence-electron chi connectivity index (χ4n) is 1.69. The lowest BCUT2D eigenvalue weighted by molar-refractivity contribution is -0.123. The van der Waals surface area contributed by atoms with Gasteiger partial charge in [0.05, 0.1) is 0 Å². The van der Waals surface area contributed by atoms with E-state index in [-0.39, 0.29) is 11.9 Å². The lowest BCUT2D eigenvalue weighted by Crippen LogP contribution is -2.44. The SMILES string of the molecule is Cc1nc(NC2CCCNC2=O)c(N)[nH]1. The Bertz CT molecular complexity index is 373. The molecule has 2 rings (SSSR count). The standard InChI is InChI=1S/C9H15N5O/c1-5-12-7(10)8(13-5)14-6-3-2-4-11-9(6)15/h6,14H,2-4,10H2,1H3,(H,11,15)(H,12,13). The number of anilines is 2. The molecular formula is C9H15N5O. The van der Waals surface area contributed by atoms with Gasteiger partial charge in [0.2, 0.25) is 5.91 Å². The highest BCUT2D eigenvalue weighted by Gasteiger charge is 2.23. The fraction of sp³-hybridized carbons (Fsp3) is 0.556. The second-order valence-corrected chi connectivity index (χ2v) is 3.71. The van der Waals surface area contributed by atoms with Crippen LogP contribution in [0.15, 0.2) is 0 Å². The number of aromatic amines is 1. The normalized spacial score (nSPS) is 21.1. The molecule has 1 saturated heterocycles. The summed E-state index contributed by atoms with van der Waals surface area (Å²) in [5, 5.41) is 5.84. The minimum Gasteiger partial charge on any atom is -0.382 e. The van der Waals surface area contributed by atoms with Gasteiger partial charge in [-0.3, -0.25) is 4.79 Å². The van der Waals surface area contributed by atoms with E-state index in [1.54, 1.807) is 0 Å². The highest BCUT2D eigenvalue weighted by atomic mass is 16.2. The molecule has 6 nitrogen and oxygen atoms in total. The average Bonchev–Trinajstić information content (AvgIpc) is 2.49. The largest absolute Gasteiger partial charge is 0.382 e. The topological polar surface area (TPSA) is 95.8 Å². The van der Waals surface area contributed by atoms with Crippen molar-refractivity contribution in [2.24, 2.45) is 0 Å². The van der Waals surface area contributed by atoms with E-state index < -0.39 is 0 Å². The smallest absolute Gasteiger partial charge is 0.242 e. The first kappa shape index (κ1) is 9.82. The summed E-state index contributed by atoms with van der Waals surface area (Å²) < 4.78 is 0. The molecule has 1 amide bonds. The van der Waals surface area contributed by atoms with Gasteiger partial charge in [-0.15, -0.1) is 0 Å². The van der Waals surface area contributed by atoms with Crippen molar-refractivity contribution in [2.45, 2.75) is 25.8 Å². The van der Waals surface area contributed by atoms with Gasteiger partial charge < -0.3 is 21.4 Å². The second-order valence-electron chi connectivity index (χ2n) is 3.71. The van der Waals surface area contributed by atoms with E-state index in [4.69, 9.17) is 5.73 Å². The molecule has 2 heterocycles. The van der Waals surface area contributed by atoms with Crippen molar-refractivity contribution >= 4 is 17.5 Å². The van der Waals surface area contributed by atoms with Gasteiger partial charge in [-0.1, -0.05) is 0 Å². The summed E-state index contributed by atoms with van der Waals surface area (Å²) in [7, 11) is 0. The molecule has 6 heteroatoms. The number of carbonyl (C=O) groups excluding carboxylic acids is 1. The summed E-state index contributed by atoms with van der Waals surface area (Å²) in [5.74, 6) is 1.80. The predicted molar refractivity (Wildman–Crippen MR) is 57.4 cm³/mol. The molecule has 15 heavy (non-hydrogen) atoms. The molecule has 1 fully saturated rings. The molecule has 1 aliphatic heterocycles. The summed E-state index contributed by atoms with van der Waals surface area (Å²) in [5.41, 5.74) is 5.69. The lowest BCUT2D eigenvalue weighted by atomic mass is 10.1. The fourth-order valence-corrected chi connectivity index (χ4v) is 1.69. The molecule has 1 aliphatic rings. The van der Waals surface area contributed by atoms with Gasteiger partial charge in [0.1, 0.15) is 17.7 Å². The Labute approximate surface area is 87.6 Å². The zero-order chi connectivity index (χ0) is 10.8. The molecule has 0 aliphatic carbocycles. The van der Waals surface area contributed by atoms with E-state index in [1.807, 2.05) is 6.92 Å². The van der Waals surface area contributed by atoms with Crippen molar-refractivity contribution in [2.75, 3.05) is 17.6 Å². The molecule has 1 unspecified atom stereocenters. The summed E-state index contributed by atoms with van der Waals surface area (Å²) in [6.45, 7) is 2.58. The molecule has 0 saturated carbocycles. The van der Waals surface area contributed by atoms with Crippen LogP contribution in [0.3, 0.4) is 0 Å². The number of nitrogen functional groups attached to an aromatic ring is 1.